The van der Waals surface area contributed by atoms with Gasteiger partial charge in [0.05, 0.1) is 16.0 Å². The smallest absolute Gasteiger partial charge is 0.252 e. The van der Waals surface area contributed by atoms with Crippen molar-refractivity contribution in [2.75, 3.05) is 11.4 Å². The lowest BCUT2D eigenvalue weighted by Gasteiger charge is -2.18. The summed E-state index contributed by atoms with van der Waals surface area (Å²) < 4.78 is 2.97. The van der Waals surface area contributed by atoms with E-state index in [-0.39, 0.29) is 18.3 Å². The van der Waals surface area contributed by atoms with Crippen LogP contribution in [0, 0.1) is 0 Å². The first-order valence-electron chi connectivity index (χ1n) is 8.74. The van der Waals surface area contributed by atoms with Crippen LogP contribution in [-0.2, 0) is 11.3 Å². The van der Waals surface area contributed by atoms with E-state index in [1.165, 1.54) is 11.3 Å². The predicted octanol–water partition coefficient (Wildman–Crippen LogP) is 5.77. The third-order valence-corrected chi connectivity index (χ3v) is 6.33. The third-order valence-electron chi connectivity index (χ3n) is 4.15. The van der Waals surface area contributed by atoms with E-state index in [9.17, 15) is 4.79 Å². The van der Waals surface area contributed by atoms with E-state index in [0.29, 0.717) is 16.7 Å². The van der Waals surface area contributed by atoms with Gasteiger partial charge in [0.25, 0.3) is 5.91 Å². The van der Waals surface area contributed by atoms with Crippen LogP contribution in [0.15, 0.2) is 60.5 Å². The minimum Gasteiger partial charge on any atom is -0.337 e. The molecule has 1 aromatic carbocycles. The van der Waals surface area contributed by atoms with Crippen LogP contribution in [0.3, 0.4) is 0 Å². The summed E-state index contributed by atoms with van der Waals surface area (Å²) in [5.41, 5.74) is 0.735. The van der Waals surface area contributed by atoms with Gasteiger partial charge < -0.3 is 4.57 Å². The molecule has 0 aliphatic heterocycles. The van der Waals surface area contributed by atoms with Gasteiger partial charge in [0.1, 0.15) is 5.52 Å². The molecule has 0 N–H and O–H groups in total. The van der Waals surface area contributed by atoms with Crippen molar-refractivity contribution in [2.45, 2.75) is 13.0 Å². The van der Waals surface area contributed by atoms with Gasteiger partial charge in [-0.05, 0) is 36.1 Å². The molecular formula is C20H18Cl2N4OS2. The lowest BCUT2D eigenvalue weighted by Crippen LogP contribution is -2.30. The first-order valence-corrected chi connectivity index (χ1v) is 10.8. The van der Waals surface area contributed by atoms with Crippen molar-refractivity contribution >= 4 is 74.0 Å². The van der Waals surface area contributed by atoms with E-state index in [4.69, 9.17) is 11.6 Å². The Morgan fingerprint density at radius 2 is 2.17 bits per heavy atom. The van der Waals surface area contributed by atoms with Gasteiger partial charge in [-0.25, -0.2) is 9.97 Å². The molecule has 5 nitrogen and oxygen atoms in total. The predicted molar refractivity (Wildman–Crippen MR) is 124 cm³/mol. The molecule has 1 amide bonds. The van der Waals surface area contributed by atoms with E-state index in [2.05, 4.69) is 9.97 Å². The first-order chi connectivity index (χ1) is 13.7. The number of hydrogen-bond donors (Lipinski definition) is 0. The Kier molecular flexibility index (Phi) is 7.44. The number of halogens is 2. The van der Waals surface area contributed by atoms with Crippen LogP contribution in [0.2, 0.25) is 5.02 Å². The second-order valence-corrected chi connectivity index (χ2v) is 8.47. The molecule has 0 bridgehead atoms. The molecule has 0 aliphatic rings. The molecule has 0 spiro atoms. The molecular weight excluding hydrogens is 447 g/mol. The average Bonchev–Trinajstić information content (AvgIpc) is 3.45. The Bertz CT molecular complexity index is 1090. The molecule has 0 saturated carbocycles. The lowest BCUT2D eigenvalue weighted by molar-refractivity contribution is -0.114. The van der Waals surface area contributed by atoms with Gasteiger partial charge in [0, 0.05) is 36.4 Å². The van der Waals surface area contributed by atoms with Crippen molar-refractivity contribution in [2.24, 2.45) is 0 Å². The highest BCUT2D eigenvalue weighted by molar-refractivity contribution is 7.22. The summed E-state index contributed by atoms with van der Waals surface area (Å²) in [6.45, 7) is 1.34. The van der Waals surface area contributed by atoms with E-state index < -0.39 is 0 Å². The number of fused-ring (bicyclic) bond motifs is 1. The highest BCUT2D eigenvalue weighted by Crippen LogP contribution is 2.33. The monoisotopic (exact) mass is 464 g/mol. The molecule has 3 aromatic heterocycles. The number of carbonyl (C=O) groups excluding carboxylic acids is 1. The van der Waals surface area contributed by atoms with Gasteiger partial charge in [-0.2, -0.15) is 0 Å². The fourth-order valence-corrected chi connectivity index (χ4v) is 4.69. The minimum absolute atomic E-state index is 0. The lowest BCUT2D eigenvalue weighted by atomic mass is 10.3. The number of hydrogen-bond acceptors (Lipinski definition) is 5. The van der Waals surface area contributed by atoms with Crippen LogP contribution in [0.25, 0.3) is 16.3 Å². The van der Waals surface area contributed by atoms with Crippen LogP contribution in [0.1, 0.15) is 11.3 Å². The second-order valence-electron chi connectivity index (χ2n) is 6.08. The van der Waals surface area contributed by atoms with Gasteiger partial charge >= 0.3 is 0 Å². The molecule has 0 aliphatic carbocycles. The molecule has 0 saturated heterocycles. The van der Waals surface area contributed by atoms with Gasteiger partial charge in [-0.3, -0.25) is 9.69 Å². The molecule has 150 valence electrons. The van der Waals surface area contributed by atoms with Crippen LogP contribution < -0.4 is 4.90 Å². The summed E-state index contributed by atoms with van der Waals surface area (Å²) in [6.07, 6.45) is 9.69. The molecule has 4 aromatic rings. The summed E-state index contributed by atoms with van der Waals surface area (Å²) in [6, 6.07) is 9.63. The molecule has 4 rings (SSSR count). The fraction of sp³-hybridized carbons (Fsp3) is 0.150. The zero-order valence-corrected chi connectivity index (χ0v) is 18.5. The quantitative estimate of drug-likeness (QED) is 0.326. The molecule has 3 heterocycles. The standard InChI is InChI=1S/C20H17ClN4OS2.ClH/c21-16-5-1-6-17-19(16)23-20(28-17)25(11-3-10-24-12-9-22-14-24)18(26)8-7-15-4-2-13-27-15;/h1-2,4-9,12-14H,3,10-11H2;1H. The Morgan fingerprint density at radius 1 is 1.28 bits per heavy atom. The number of aryl methyl sites for hydroxylation is 1. The van der Waals surface area contributed by atoms with Crippen molar-refractivity contribution in [1.82, 2.24) is 14.5 Å². The number of thiazole rings is 1. The second kappa shape index (κ2) is 10.0. The highest BCUT2D eigenvalue weighted by Gasteiger charge is 2.18. The van der Waals surface area contributed by atoms with Gasteiger partial charge in [0.2, 0.25) is 0 Å². The highest BCUT2D eigenvalue weighted by atomic mass is 35.5. The minimum atomic E-state index is -0.0887. The van der Waals surface area contributed by atoms with Crippen molar-refractivity contribution < 1.29 is 4.79 Å². The molecule has 0 unspecified atom stereocenters. The molecule has 0 radical (unpaired) electrons. The van der Waals surface area contributed by atoms with E-state index in [1.54, 1.807) is 34.8 Å². The van der Waals surface area contributed by atoms with Crippen molar-refractivity contribution in [3.63, 3.8) is 0 Å². The molecule has 0 fully saturated rings. The fourth-order valence-electron chi connectivity index (χ4n) is 2.78. The maximum Gasteiger partial charge on any atom is 0.252 e. The molecule has 0 atom stereocenters. The number of imidazole rings is 1. The summed E-state index contributed by atoms with van der Waals surface area (Å²) >= 11 is 9.35. The maximum atomic E-state index is 13.0. The molecule has 29 heavy (non-hydrogen) atoms. The summed E-state index contributed by atoms with van der Waals surface area (Å²) in [7, 11) is 0. The van der Waals surface area contributed by atoms with Crippen LogP contribution in [0.5, 0.6) is 0 Å². The number of amides is 1. The Hall–Kier alpha value is -2.19. The zero-order valence-electron chi connectivity index (χ0n) is 15.3. The van der Waals surface area contributed by atoms with Crippen LogP contribution in [-0.4, -0.2) is 27.0 Å². The number of para-hydroxylation sites is 1. The maximum absolute atomic E-state index is 13.0. The number of anilines is 1. The first kappa shape index (κ1) is 21.5. The summed E-state index contributed by atoms with van der Waals surface area (Å²) in [5, 5.41) is 3.25. The summed E-state index contributed by atoms with van der Waals surface area (Å²) in [5.74, 6) is -0.0887. The number of nitrogens with zero attached hydrogens (tertiary/aromatic N) is 4. The van der Waals surface area contributed by atoms with Gasteiger partial charge in [0.15, 0.2) is 5.13 Å². The Morgan fingerprint density at radius 3 is 2.90 bits per heavy atom. The number of rotatable bonds is 7. The third kappa shape index (κ3) is 5.25. The van der Waals surface area contributed by atoms with Gasteiger partial charge in [-0.1, -0.05) is 35.1 Å². The number of aromatic nitrogens is 3. The summed E-state index contributed by atoms with van der Waals surface area (Å²) in [4.78, 5) is 24.4. The van der Waals surface area contributed by atoms with Crippen molar-refractivity contribution in [3.8, 4) is 0 Å². The van der Waals surface area contributed by atoms with Gasteiger partial charge in [-0.15, -0.1) is 23.7 Å². The Labute approximate surface area is 187 Å². The largest absolute Gasteiger partial charge is 0.337 e. The van der Waals surface area contributed by atoms with Crippen LogP contribution >= 0.6 is 46.7 Å². The normalized spacial score (nSPS) is 11.1. The van der Waals surface area contributed by atoms with E-state index in [1.807, 2.05) is 52.6 Å². The van der Waals surface area contributed by atoms with Crippen molar-refractivity contribution in [1.29, 1.82) is 0 Å². The topological polar surface area (TPSA) is 51.0 Å². The number of thiophene rings is 1. The van der Waals surface area contributed by atoms with E-state index >= 15 is 0 Å². The number of carbonyl (C=O) groups is 1. The van der Waals surface area contributed by atoms with Crippen molar-refractivity contribution in [3.05, 3.63) is 70.4 Å². The Balaban J connectivity index is 0.00000240. The van der Waals surface area contributed by atoms with E-state index in [0.717, 1.165) is 28.1 Å². The SMILES string of the molecule is Cl.O=C(C=Cc1cccs1)N(CCCn1ccnc1)c1nc2c(Cl)cccc2s1. The zero-order chi connectivity index (χ0) is 19.3. The number of benzene rings is 1. The average molecular weight is 465 g/mol. The van der Waals surface area contributed by atoms with Crippen LogP contribution in [0.4, 0.5) is 5.13 Å². The molecule has 9 heteroatoms.